The van der Waals surface area contributed by atoms with E-state index >= 15 is 0 Å². The molecule has 1 aliphatic heterocycles. The Bertz CT molecular complexity index is 713. The molecule has 0 bridgehead atoms. The van der Waals surface area contributed by atoms with Gasteiger partial charge >= 0.3 is 0 Å². The summed E-state index contributed by atoms with van der Waals surface area (Å²) in [5, 5.41) is 3.50. The molecule has 2 heterocycles. The molecule has 3 rings (SSSR count). The van der Waals surface area contributed by atoms with Crippen molar-refractivity contribution in [1.82, 2.24) is 9.97 Å². The Hall–Kier alpha value is -1.60. The number of fused-ring (bicyclic) bond motifs is 1. The van der Waals surface area contributed by atoms with Crippen LogP contribution in [0.4, 0.5) is 26.0 Å². The molecule has 0 spiro atoms. The van der Waals surface area contributed by atoms with E-state index in [9.17, 15) is 8.78 Å². The van der Waals surface area contributed by atoms with Gasteiger partial charge in [-0.2, -0.15) is 0 Å². The van der Waals surface area contributed by atoms with E-state index in [1.807, 2.05) is 19.1 Å². The summed E-state index contributed by atoms with van der Waals surface area (Å²) in [4.78, 5) is 9.84. The van der Waals surface area contributed by atoms with E-state index in [0.717, 1.165) is 5.56 Å². The Balaban J connectivity index is 2.14. The smallest absolute Gasteiger partial charge is 0.277 e. The van der Waals surface area contributed by atoms with E-state index < -0.39 is 12.6 Å². The van der Waals surface area contributed by atoms with Crippen LogP contribution in [0.25, 0.3) is 0 Å². The van der Waals surface area contributed by atoms with Gasteiger partial charge in [-0.05, 0) is 30.9 Å². The van der Waals surface area contributed by atoms with Crippen molar-refractivity contribution in [3.05, 3.63) is 35.0 Å². The van der Waals surface area contributed by atoms with Crippen LogP contribution in [0.5, 0.6) is 0 Å². The Morgan fingerprint density at radius 1 is 1.32 bits per heavy atom. The molecule has 0 fully saturated rings. The van der Waals surface area contributed by atoms with E-state index in [1.165, 1.54) is 22.7 Å². The minimum absolute atomic E-state index is 0.225. The molecule has 4 nitrogen and oxygen atoms in total. The lowest BCUT2D eigenvalue weighted by Gasteiger charge is -2.25. The summed E-state index contributed by atoms with van der Waals surface area (Å²) in [6.07, 6.45) is -1.96. The lowest BCUT2D eigenvalue weighted by molar-refractivity contribution is 0.128. The summed E-state index contributed by atoms with van der Waals surface area (Å²) in [5.41, 5.74) is 2.29. The molecule has 2 aromatic rings. The van der Waals surface area contributed by atoms with E-state index in [0.29, 0.717) is 22.3 Å². The van der Waals surface area contributed by atoms with Gasteiger partial charge in [0.2, 0.25) is 0 Å². The lowest BCUT2D eigenvalue weighted by Crippen LogP contribution is -2.38. The molecule has 0 aliphatic carbocycles. The first kappa shape index (κ1) is 15.3. The van der Waals surface area contributed by atoms with Gasteiger partial charge in [0.1, 0.15) is 11.0 Å². The summed E-state index contributed by atoms with van der Waals surface area (Å²) in [6.45, 7) is 1.91. The van der Waals surface area contributed by atoms with Crippen LogP contribution in [0.2, 0.25) is 5.15 Å². The second-order valence-electron chi connectivity index (χ2n) is 4.85. The number of rotatable bonds is 3. The Kier molecular flexibility index (Phi) is 4.10. The van der Waals surface area contributed by atoms with Crippen molar-refractivity contribution in [2.75, 3.05) is 16.5 Å². The highest BCUT2D eigenvalue weighted by Gasteiger charge is 2.37. The highest BCUT2D eigenvalue weighted by molar-refractivity contribution is 7.98. The number of alkyl halides is 2. The van der Waals surface area contributed by atoms with Gasteiger partial charge in [0, 0.05) is 6.07 Å². The molecule has 0 saturated heterocycles. The number of hydrogen-bond donors (Lipinski definition) is 1. The Morgan fingerprint density at radius 2 is 2.09 bits per heavy atom. The van der Waals surface area contributed by atoms with Gasteiger partial charge in [-0.15, -0.1) is 0 Å². The van der Waals surface area contributed by atoms with Crippen molar-refractivity contribution in [3.63, 3.8) is 0 Å². The second-order valence-corrected chi connectivity index (χ2v) is 6.01. The fraction of sp³-hybridized carbons (Fsp3) is 0.286. The van der Waals surface area contributed by atoms with Crippen LogP contribution >= 0.6 is 23.4 Å². The zero-order valence-corrected chi connectivity index (χ0v) is 13.4. The van der Waals surface area contributed by atoms with E-state index in [-0.39, 0.29) is 5.15 Å². The molecule has 1 unspecified atom stereocenters. The summed E-state index contributed by atoms with van der Waals surface area (Å²) >= 11 is 7.30. The largest absolute Gasteiger partial charge is 0.359 e. The second kappa shape index (κ2) is 5.89. The monoisotopic (exact) mass is 342 g/mol. The standard InChI is InChI=1S/C14H13ClF2N4S/c1-7-3-4-8-9(5-7)21(13(18-8)12(16)17)11-6-10(15)19-14(20-11)22-2/h3-6,12-13,18H,1-2H3. The quantitative estimate of drug-likeness (QED) is 0.511. The molecule has 1 aliphatic rings. The van der Waals surface area contributed by atoms with Gasteiger partial charge in [-0.3, -0.25) is 4.90 Å². The van der Waals surface area contributed by atoms with Crippen LogP contribution in [0.15, 0.2) is 29.4 Å². The van der Waals surface area contributed by atoms with Crippen LogP contribution < -0.4 is 10.2 Å². The molecular formula is C14H13ClF2N4S. The van der Waals surface area contributed by atoms with Gasteiger partial charge in [0.05, 0.1) is 11.4 Å². The number of anilines is 3. The first-order valence-corrected chi connectivity index (χ1v) is 8.13. The predicted molar refractivity (Wildman–Crippen MR) is 85.6 cm³/mol. The number of aromatic nitrogens is 2. The summed E-state index contributed by atoms with van der Waals surface area (Å²) in [7, 11) is 0. The number of benzene rings is 1. The van der Waals surface area contributed by atoms with Crippen LogP contribution in [0.1, 0.15) is 5.56 Å². The zero-order valence-electron chi connectivity index (χ0n) is 11.8. The van der Waals surface area contributed by atoms with Gasteiger partial charge < -0.3 is 5.32 Å². The lowest BCUT2D eigenvalue weighted by atomic mass is 10.2. The fourth-order valence-corrected chi connectivity index (χ4v) is 2.98. The number of nitrogens with zero attached hydrogens (tertiary/aromatic N) is 3. The van der Waals surface area contributed by atoms with Gasteiger partial charge in [0.15, 0.2) is 11.3 Å². The molecular weight excluding hydrogens is 330 g/mol. The highest BCUT2D eigenvalue weighted by Crippen LogP contribution is 2.42. The summed E-state index contributed by atoms with van der Waals surface area (Å²) in [6, 6.07) is 7.01. The molecule has 8 heteroatoms. The molecule has 0 radical (unpaired) electrons. The average Bonchev–Trinajstić information content (AvgIpc) is 2.85. The molecule has 0 saturated carbocycles. The SMILES string of the molecule is CSc1nc(Cl)cc(N2c3cc(C)ccc3NC2C(F)F)n1. The predicted octanol–water partition coefficient (Wildman–Crippen LogP) is 4.32. The zero-order chi connectivity index (χ0) is 15.9. The molecule has 1 aromatic carbocycles. The van der Waals surface area contributed by atoms with Crippen molar-refractivity contribution in [2.45, 2.75) is 24.7 Å². The maximum Gasteiger partial charge on any atom is 0.277 e. The Labute approximate surface area is 135 Å². The number of hydrogen-bond acceptors (Lipinski definition) is 5. The number of thioether (sulfide) groups is 1. The van der Waals surface area contributed by atoms with E-state index in [2.05, 4.69) is 15.3 Å². The molecule has 1 aromatic heterocycles. The number of aryl methyl sites for hydroxylation is 1. The molecule has 1 N–H and O–H groups in total. The Morgan fingerprint density at radius 3 is 2.77 bits per heavy atom. The van der Waals surface area contributed by atoms with Crippen LogP contribution in [-0.2, 0) is 0 Å². The number of nitrogens with one attached hydrogen (secondary N) is 1. The highest BCUT2D eigenvalue weighted by atomic mass is 35.5. The van der Waals surface area contributed by atoms with Crippen molar-refractivity contribution >= 4 is 40.6 Å². The first-order chi connectivity index (χ1) is 10.5. The van der Waals surface area contributed by atoms with E-state index in [1.54, 1.807) is 12.3 Å². The normalized spacial score (nSPS) is 16.8. The van der Waals surface area contributed by atoms with Crippen molar-refractivity contribution in [3.8, 4) is 0 Å². The van der Waals surface area contributed by atoms with Crippen LogP contribution in [0, 0.1) is 6.92 Å². The molecule has 22 heavy (non-hydrogen) atoms. The van der Waals surface area contributed by atoms with Gasteiger partial charge in [0.25, 0.3) is 6.43 Å². The summed E-state index contributed by atoms with van der Waals surface area (Å²) < 4.78 is 26.9. The average molecular weight is 343 g/mol. The topological polar surface area (TPSA) is 41.1 Å². The van der Waals surface area contributed by atoms with Crippen molar-refractivity contribution < 1.29 is 8.78 Å². The van der Waals surface area contributed by atoms with E-state index in [4.69, 9.17) is 11.6 Å². The molecule has 1 atom stereocenters. The van der Waals surface area contributed by atoms with Crippen LogP contribution in [-0.4, -0.2) is 28.8 Å². The van der Waals surface area contributed by atoms with Gasteiger partial charge in [-0.25, -0.2) is 18.7 Å². The van der Waals surface area contributed by atoms with Gasteiger partial charge in [-0.1, -0.05) is 29.4 Å². The maximum atomic E-state index is 13.4. The maximum absolute atomic E-state index is 13.4. The molecule has 0 amide bonds. The van der Waals surface area contributed by atoms with Crippen molar-refractivity contribution in [1.29, 1.82) is 0 Å². The van der Waals surface area contributed by atoms with Crippen molar-refractivity contribution in [2.24, 2.45) is 0 Å². The van der Waals surface area contributed by atoms with Crippen LogP contribution in [0.3, 0.4) is 0 Å². The third-order valence-electron chi connectivity index (χ3n) is 3.32. The third kappa shape index (κ3) is 2.70. The minimum atomic E-state index is -2.58. The number of halogens is 3. The summed E-state index contributed by atoms with van der Waals surface area (Å²) in [5.74, 6) is 0.353. The minimum Gasteiger partial charge on any atom is -0.359 e. The fourth-order valence-electron chi connectivity index (χ4n) is 2.38. The third-order valence-corrected chi connectivity index (χ3v) is 4.06. The first-order valence-electron chi connectivity index (χ1n) is 6.53. The molecule has 116 valence electrons.